The molecule has 2 rings (SSSR count). The van der Waals surface area contributed by atoms with Crippen molar-refractivity contribution in [2.75, 3.05) is 25.5 Å². The minimum atomic E-state index is -5.08. The molecule has 0 radical (unpaired) electrons. The number of anilines is 1. The smallest absolute Gasteiger partial charge is 0.490 e. The molecule has 6 nitrogen and oxygen atoms in total. The topological polar surface area (TPSA) is 83.5 Å². The van der Waals surface area contributed by atoms with Crippen LogP contribution in [0.5, 0.6) is 5.75 Å². The van der Waals surface area contributed by atoms with Gasteiger partial charge in [0.25, 0.3) is 0 Å². The summed E-state index contributed by atoms with van der Waals surface area (Å²) < 4.78 is 36.9. The average molecular weight is 342 g/mol. The SMILES string of the molecule is COc1cc(NC2CCNC2)ncc1Cl.O=C(O)C(F)(F)F. The summed E-state index contributed by atoms with van der Waals surface area (Å²) in [6.45, 7) is 2.04. The first-order valence-corrected chi connectivity index (χ1v) is 6.58. The lowest BCUT2D eigenvalue weighted by Crippen LogP contribution is -2.22. The zero-order chi connectivity index (χ0) is 16.8. The highest BCUT2D eigenvalue weighted by molar-refractivity contribution is 6.31. The number of halogens is 4. The van der Waals surface area contributed by atoms with Crippen molar-refractivity contribution in [3.63, 3.8) is 0 Å². The summed E-state index contributed by atoms with van der Waals surface area (Å²) in [6.07, 6.45) is -2.36. The maximum atomic E-state index is 10.6. The molecule has 1 unspecified atom stereocenters. The van der Waals surface area contributed by atoms with Gasteiger partial charge in [-0.3, -0.25) is 0 Å². The van der Waals surface area contributed by atoms with Crippen LogP contribution in [-0.2, 0) is 4.79 Å². The fraction of sp³-hybridized carbons (Fsp3) is 0.500. The molecule has 0 aliphatic carbocycles. The Morgan fingerprint density at radius 3 is 2.68 bits per heavy atom. The number of carbonyl (C=O) groups is 1. The Kier molecular flexibility index (Phi) is 6.69. The molecule has 1 atom stereocenters. The predicted molar refractivity (Wildman–Crippen MR) is 74.4 cm³/mol. The number of pyridine rings is 1. The first kappa shape index (κ1) is 18.3. The third-order valence-electron chi connectivity index (χ3n) is 2.69. The molecule has 22 heavy (non-hydrogen) atoms. The summed E-state index contributed by atoms with van der Waals surface area (Å²) in [5, 5.41) is 14.3. The number of methoxy groups -OCH3 is 1. The number of carboxylic acid groups (broad SMARTS) is 1. The number of nitrogens with one attached hydrogen (secondary N) is 2. The summed E-state index contributed by atoms with van der Waals surface area (Å²) >= 11 is 5.89. The van der Waals surface area contributed by atoms with Crippen molar-refractivity contribution in [1.29, 1.82) is 0 Å². The fourth-order valence-corrected chi connectivity index (χ4v) is 1.82. The number of rotatable bonds is 3. The lowest BCUT2D eigenvalue weighted by Gasteiger charge is -2.12. The Hall–Kier alpha value is -1.74. The summed E-state index contributed by atoms with van der Waals surface area (Å²) in [5.41, 5.74) is 0. The largest absolute Gasteiger partial charge is 0.495 e. The monoisotopic (exact) mass is 341 g/mol. The van der Waals surface area contributed by atoms with Crippen molar-refractivity contribution in [1.82, 2.24) is 10.3 Å². The van der Waals surface area contributed by atoms with Crippen LogP contribution in [0.1, 0.15) is 6.42 Å². The molecule has 1 fully saturated rings. The van der Waals surface area contributed by atoms with E-state index in [2.05, 4.69) is 15.6 Å². The molecule has 0 spiro atoms. The second-order valence-electron chi connectivity index (χ2n) is 4.34. The minimum Gasteiger partial charge on any atom is -0.495 e. The van der Waals surface area contributed by atoms with E-state index >= 15 is 0 Å². The zero-order valence-corrected chi connectivity index (χ0v) is 12.3. The third-order valence-corrected chi connectivity index (χ3v) is 2.98. The maximum Gasteiger partial charge on any atom is 0.490 e. The van der Waals surface area contributed by atoms with E-state index in [0.717, 1.165) is 25.3 Å². The van der Waals surface area contributed by atoms with Gasteiger partial charge in [0.05, 0.1) is 13.3 Å². The van der Waals surface area contributed by atoms with E-state index in [1.54, 1.807) is 13.3 Å². The van der Waals surface area contributed by atoms with Crippen LogP contribution in [0.15, 0.2) is 12.3 Å². The highest BCUT2D eigenvalue weighted by atomic mass is 35.5. The van der Waals surface area contributed by atoms with Gasteiger partial charge in [0, 0.05) is 18.7 Å². The highest BCUT2D eigenvalue weighted by Gasteiger charge is 2.38. The van der Waals surface area contributed by atoms with E-state index in [4.69, 9.17) is 26.2 Å². The van der Waals surface area contributed by atoms with Gasteiger partial charge in [0.2, 0.25) is 0 Å². The van der Waals surface area contributed by atoms with E-state index in [-0.39, 0.29) is 0 Å². The molecule has 1 aromatic rings. The van der Waals surface area contributed by atoms with Gasteiger partial charge in [0.1, 0.15) is 16.6 Å². The summed E-state index contributed by atoms with van der Waals surface area (Å²) in [4.78, 5) is 13.1. The molecule has 1 saturated heterocycles. The molecule has 10 heteroatoms. The van der Waals surface area contributed by atoms with Crippen molar-refractivity contribution in [2.24, 2.45) is 0 Å². The van der Waals surface area contributed by atoms with Crippen molar-refractivity contribution in [3.8, 4) is 5.75 Å². The van der Waals surface area contributed by atoms with Crippen LogP contribution in [0.25, 0.3) is 0 Å². The Labute approximate surface area is 129 Å². The number of carboxylic acids is 1. The zero-order valence-electron chi connectivity index (χ0n) is 11.6. The Balaban J connectivity index is 0.000000295. The summed E-state index contributed by atoms with van der Waals surface area (Å²) in [5.74, 6) is -1.29. The molecule has 3 N–H and O–H groups in total. The number of hydrogen-bond acceptors (Lipinski definition) is 5. The number of alkyl halides is 3. The van der Waals surface area contributed by atoms with Gasteiger partial charge in [-0.1, -0.05) is 11.6 Å². The molecule has 0 saturated carbocycles. The fourth-order valence-electron chi connectivity index (χ4n) is 1.64. The molecule has 124 valence electrons. The number of hydrogen-bond donors (Lipinski definition) is 3. The van der Waals surface area contributed by atoms with Gasteiger partial charge >= 0.3 is 12.1 Å². The number of ether oxygens (including phenoxy) is 1. The first-order valence-electron chi connectivity index (χ1n) is 6.21. The van der Waals surface area contributed by atoms with Crippen LogP contribution in [0.2, 0.25) is 5.02 Å². The predicted octanol–water partition coefficient (Wildman–Crippen LogP) is 2.15. The molecule has 0 aromatic carbocycles. The number of aliphatic carboxylic acids is 1. The van der Waals surface area contributed by atoms with E-state index in [1.165, 1.54) is 0 Å². The highest BCUT2D eigenvalue weighted by Crippen LogP contribution is 2.25. The van der Waals surface area contributed by atoms with Gasteiger partial charge < -0.3 is 20.5 Å². The molecule has 2 heterocycles. The first-order chi connectivity index (χ1) is 10.2. The van der Waals surface area contributed by atoms with Crippen LogP contribution in [0, 0.1) is 0 Å². The van der Waals surface area contributed by atoms with E-state index in [9.17, 15) is 13.2 Å². The van der Waals surface area contributed by atoms with Crippen molar-refractivity contribution < 1.29 is 27.8 Å². The van der Waals surface area contributed by atoms with Crippen LogP contribution in [0.4, 0.5) is 19.0 Å². The Morgan fingerprint density at radius 2 is 2.23 bits per heavy atom. The average Bonchev–Trinajstić information content (AvgIpc) is 2.93. The summed E-state index contributed by atoms with van der Waals surface area (Å²) in [7, 11) is 1.60. The number of nitrogens with zero attached hydrogens (tertiary/aromatic N) is 1. The second-order valence-corrected chi connectivity index (χ2v) is 4.75. The Bertz CT molecular complexity index is 508. The van der Waals surface area contributed by atoms with Crippen molar-refractivity contribution >= 4 is 23.4 Å². The molecular formula is C12H15ClF3N3O3. The van der Waals surface area contributed by atoms with Crippen LogP contribution in [0.3, 0.4) is 0 Å². The molecule has 1 aliphatic heterocycles. The molecule has 1 aromatic heterocycles. The van der Waals surface area contributed by atoms with Gasteiger partial charge in [-0.25, -0.2) is 9.78 Å². The maximum absolute atomic E-state index is 10.6. The second kappa shape index (κ2) is 8.04. The number of aromatic nitrogens is 1. The van der Waals surface area contributed by atoms with Crippen LogP contribution in [-0.4, -0.2) is 48.5 Å². The van der Waals surface area contributed by atoms with Gasteiger partial charge in [-0.15, -0.1) is 0 Å². The van der Waals surface area contributed by atoms with E-state index < -0.39 is 12.1 Å². The van der Waals surface area contributed by atoms with Gasteiger partial charge in [-0.2, -0.15) is 13.2 Å². The van der Waals surface area contributed by atoms with Crippen molar-refractivity contribution in [2.45, 2.75) is 18.6 Å². The molecule has 0 bridgehead atoms. The van der Waals surface area contributed by atoms with Crippen LogP contribution >= 0.6 is 11.6 Å². The van der Waals surface area contributed by atoms with Crippen molar-refractivity contribution in [3.05, 3.63) is 17.3 Å². The lowest BCUT2D eigenvalue weighted by molar-refractivity contribution is -0.192. The van der Waals surface area contributed by atoms with E-state index in [0.29, 0.717) is 16.8 Å². The summed E-state index contributed by atoms with van der Waals surface area (Å²) in [6, 6.07) is 2.27. The standard InChI is InChI=1S/C10H14ClN3O.C2HF3O2/c1-15-9-4-10(13-6-8(9)11)14-7-2-3-12-5-7;3-2(4,5)1(6)7/h4,6-7,12H,2-3,5H2,1H3,(H,13,14);(H,6,7). The quantitative estimate of drug-likeness (QED) is 0.781. The Morgan fingerprint density at radius 1 is 1.59 bits per heavy atom. The lowest BCUT2D eigenvalue weighted by atomic mass is 10.2. The van der Waals surface area contributed by atoms with Crippen LogP contribution < -0.4 is 15.4 Å². The van der Waals surface area contributed by atoms with Gasteiger partial charge in [0.15, 0.2) is 0 Å². The van der Waals surface area contributed by atoms with E-state index in [1.807, 2.05) is 6.07 Å². The molecule has 1 aliphatic rings. The molecular weight excluding hydrogens is 327 g/mol. The van der Waals surface area contributed by atoms with Gasteiger partial charge in [-0.05, 0) is 13.0 Å². The third kappa shape index (κ3) is 5.94. The normalized spacial score (nSPS) is 17.4. The molecule has 0 amide bonds. The minimum absolute atomic E-state index is 0.448.